The quantitative estimate of drug-likeness (QED) is 0.247. The Balaban J connectivity index is 1.80. The molecule has 2 aliphatic rings. The van der Waals surface area contributed by atoms with Crippen molar-refractivity contribution in [3.63, 3.8) is 0 Å². The van der Waals surface area contributed by atoms with E-state index in [1.165, 1.54) is 6.21 Å². The Labute approximate surface area is 200 Å². The van der Waals surface area contributed by atoms with E-state index < -0.39 is 0 Å². The van der Waals surface area contributed by atoms with Crippen molar-refractivity contribution in [1.29, 1.82) is 5.41 Å². The molecule has 3 heterocycles. The number of nitrogens with zero attached hydrogens (tertiary/aromatic N) is 3. The number of amidine groups is 2. The highest BCUT2D eigenvalue weighted by molar-refractivity contribution is 6.02. The van der Waals surface area contributed by atoms with E-state index in [0.29, 0.717) is 24.0 Å². The smallest absolute Gasteiger partial charge is 0.132 e. The van der Waals surface area contributed by atoms with Crippen LogP contribution in [0.15, 0.2) is 105 Å². The number of rotatable bonds is 9. The number of nitrogens with two attached hydrogens (primary N) is 2. The zero-order valence-electron chi connectivity index (χ0n) is 19.6. The van der Waals surface area contributed by atoms with Crippen LogP contribution in [0.25, 0.3) is 0 Å². The molecule has 0 bridgehead atoms. The van der Waals surface area contributed by atoms with Crippen molar-refractivity contribution in [2.75, 3.05) is 7.05 Å². The second-order valence-corrected chi connectivity index (χ2v) is 7.91. The zero-order chi connectivity index (χ0) is 24.5. The average molecular weight is 458 g/mol. The van der Waals surface area contributed by atoms with Gasteiger partial charge in [-0.05, 0) is 47.9 Å². The Hall–Kier alpha value is -4.40. The van der Waals surface area contributed by atoms with E-state index in [4.69, 9.17) is 16.9 Å². The predicted molar refractivity (Wildman–Crippen MR) is 139 cm³/mol. The van der Waals surface area contributed by atoms with Crippen LogP contribution in [0.3, 0.4) is 0 Å². The van der Waals surface area contributed by atoms with Crippen LogP contribution < -0.4 is 27.4 Å². The lowest BCUT2D eigenvalue weighted by atomic mass is 10.0. The summed E-state index contributed by atoms with van der Waals surface area (Å²) < 4.78 is 0. The predicted octanol–water partition coefficient (Wildman–Crippen LogP) is 2.33. The summed E-state index contributed by atoms with van der Waals surface area (Å²) in [5.41, 5.74) is 17.4. The van der Waals surface area contributed by atoms with Gasteiger partial charge in [0.25, 0.3) is 0 Å². The summed E-state index contributed by atoms with van der Waals surface area (Å²) in [5.74, 6) is 1.50. The van der Waals surface area contributed by atoms with E-state index in [0.717, 1.165) is 33.8 Å². The number of aromatic nitrogens is 1. The van der Waals surface area contributed by atoms with E-state index in [-0.39, 0.29) is 5.92 Å². The molecule has 0 amide bonds. The molecule has 8 N–H and O–H groups in total. The molecule has 0 aromatic carbocycles. The van der Waals surface area contributed by atoms with Crippen LogP contribution in [0.4, 0.5) is 0 Å². The fourth-order valence-electron chi connectivity index (χ4n) is 3.22. The van der Waals surface area contributed by atoms with Crippen LogP contribution in [0.2, 0.25) is 0 Å². The zero-order valence-corrected chi connectivity index (χ0v) is 19.6. The molecule has 34 heavy (non-hydrogen) atoms. The Kier molecular flexibility index (Phi) is 8.17. The van der Waals surface area contributed by atoms with Gasteiger partial charge in [0.15, 0.2) is 0 Å². The number of dihydropyridines is 2. The first-order valence-electron chi connectivity index (χ1n) is 10.9. The molecule has 0 atom stereocenters. The van der Waals surface area contributed by atoms with Gasteiger partial charge in [-0.15, -0.1) is 0 Å². The molecule has 0 aliphatic carbocycles. The summed E-state index contributed by atoms with van der Waals surface area (Å²) in [6, 6.07) is 5.69. The monoisotopic (exact) mass is 457 g/mol. The topological polar surface area (TPSA) is 150 Å². The van der Waals surface area contributed by atoms with E-state index in [1.807, 2.05) is 69.7 Å². The number of pyridine rings is 1. The molecule has 1 aromatic rings. The van der Waals surface area contributed by atoms with Gasteiger partial charge in [-0.1, -0.05) is 19.9 Å². The molecule has 0 spiro atoms. The maximum Gasteiger partial charge on any atom is 0.132 e. The molecule has 0 saturated carbocycles. The van der Waals surface area contributed by atoms with E-state index in [2.05, 4.69) is 30.9 Å². The highest BCUT2D eigenvalue weighted by atomic mass is 15.1. The second kappa shape index (κ2) is 11.5. The van der Waals surface area contributed by atoms with E-state index >= 15 is 0 Å². The first-order chi connectivity index (χ1) is 16.4. The minimum absolute atomic E-state index is 0.186. The highest BCUT2D eigenvalue weighted by Crippen LogP contribution is 2.23. The standard InChI is InChI=1S/C25H31N9/c1-16(2)17(12-26)11-23(27)34-24-8-7-21-22(33-24)10-18(13-31-21)20(15-29-3)25(28)32-14-19-6-4-5-9-30-19/h4-13,15-16,26,29,31,33H,14H2,1-3H3,(H2,27,34)(H2,28,32)/b17-11?,20-15-,26-12?. The second-order valence-electron chi connectivity index (χ2n) is 7.91. The van der Waals surface area contributed by atoms with Gasteiger partial charge in [-0.3, -0.25) is 9.98 Å². The maximum atomic E-state index is 7.53. The third-order valence-electron chi connectivity index (χ3n) is 5.05. The summed E-state index contributed by atoms with van der Waals surface area (Å²) >= 11 is 0. The number of hydrogen-bond acceptors (Lipinski definition) is 7. The van der Waals surface area contributed by atoms with Crippen molar-refractivity contribution in [2.45, 2.75) is 20.4 Å². The molecular formula is C25H31N9. The lowest BCUT2D eigenvalue weighted by molar-refractivity contribution is 0.806. The number of aliphatic imine (C=N–C) groups is 2. The van der Waals surface area contributed by atoms with Crippen LogP contribution in [-0.4, -0.2) is 29.9 Å². The normalized spacial score (nSPS) is 16.9. The molecule has 0 unspecified atom stereocenters. The Morgan fingerprint density at radius 3 is 2.74 bits per heavy atom. The SMILES string of the molecule is CN/C=C(/C1=CNC2=CC=C(N=C(N)C=C(C=N)C(C)C)NC2=C1)C(N)=NCc1ccccn1. The molecule has 3 rings (SSSR count). The van der Waals surface area contributed by atoms with Crippen molar-refractivity contribution in [3.8, 4) is 0 Å². The molecular weight excluding hydrogens is 426 g/mol. The lowest BCUT2D eigenvalue weighted by Gasteiger charge is -2.24. The van der Waals surface area contributed by atoms with Crippen LogP contribution in [0.5, 0.6) is 0 Å². The Bertz CT molecular complexity index is 1160. The number of hydrogen-bond donors (Lipinski definition) is 6. The van der Waals surface area contributed by atoms with Crippen molar-refractivity contribution in [3.05, 3.63) is 101 Å². The largest absolute Gasteiger partial charge is 0.393 e. The average Bonchev–Trinajstić information content (AvgIpc) is 2.84. The number of fused-ring (bicyclic) bond motifs is 1. The van der Waals surface area contributed by atoms with Gasteiger partial charge in [-0.25, -0.2) is 4.99 Å². The summed E-state index contributed by atoms with van der Waals surface area (Å²) in [6.07, 6.45) is 14.2. The molecule has 2 aliphatic heterocycles. The summed E-state index contributed by atoms with van der Waals surface area (Å²) in [6.45, 7) is 4.40. The van der Waals surface area contributed by atoms with Crippen LogP contribution in [0, 0.1) is 11.3 Å². The van der Waals surface area contributed by atoms with Crippen molar-refractivity contribution in [1.82, 2.24) is 20.9 Å². The van der Waals surface area contributed by atoms with Gasteiger partial charge in [0.1, 0.15) is 17.5 Å². The molecule has 0 saturated heterocycles. The number of nitrogens with one attached hydrogen (secondary N) is 4. The van der Waals surface area contributed by atoms with Gasteiger partial charge in [0.05, 0.1) is 23.6 Å². The molecule has 176 valence electrons. The maximum absolute atomic E-state index is 7.53. The molecule has 9 nitrogen and oxygen atoms in total. The van der Waals surface area contributed by atoms with Crippen molar-refractivity contribution in [2.24, 2.45) is 27.4 Å². The summed E-state index contributed by atoms with van der Waals surface area (Å²) in [7, 11) is 1.81. The Morgan fingerprint density at radius 2 is 2.06 bits per heavy atom. The van der Waals surface area contributed by atoms with Crippen LogP contribution in [0.1, 0.15) is 19.5 Å². The van der Waals surface area contributed by atoms with Crippen molar-refractivity contribution >= 4 is 17.9 Å². The molecule has 1 aromatic heterocycles. The minimum Gasteiger partial charge on any atom is -0.393 e. The van der Waals surface area contributed by atoms with Gasteiger partial charge in [0.2, 0.25) is 0 Å². The van der Waals surface area contributed by atoms with E-state index in [9.17, 15) is 0 Å². The van der Waals surface area contributed by atoms with Crippen molar-refractivity contribution < 1.29 is 0 Å². The highest BCUT2D eigenvalue weighted by Gasteiger charge is 2.18. The first-order valence-corrected chi connectivity index (χ1v) is 10.9. The fraction of sp³-hybridized carbons (Fsp3) is 0.200. The van der Waals surface area contributed by atoms with Gasteiger partial charge >= 0.3 is 0 Å². The van der Waals surface area contributed by atoms with Gasteiger partial charge < -0.3 is 32.8 Å². The number of allylic oxidation sites excluding steroid dienone is 4. The summed E-state index contributed by atoms with van der Waals surface area (Å²) in [5, 5.41) is 17.1. The third kappa shape index (κ3) is 6.32. The first kappa shape index (κ1) is 24.2. The molecule has 0 radical (unpaired) electrons. The molecule has 9 heteroatoms. The van der Waals surface area contributed by atoms with E-state index in [1.54, 1.807) is 12.3 Å². The fourth-order valence-corrected chi connectivity index (χ4v) is 3.22. The van der Waals surface area contributed by atoms with Crippen LogP contribution >= 0.6 is 0 Å². The Morgan fingerprint density at radius 1 is 1.24 bits per heavy atom. The van der Waals surface area contributed by atoms with Gasteiger partial charge in [-0.2, -0.15) is 0 Å². The van der Waals surface area contributed by atoms with Gasteiger partial charge in [0, 0.05) is 43.0 Å². The summed E-state index contributed by atoms with van der Waals surface area (Å²) in [4.78, 5) is 13.3. The molecule has 0 fully saturated rings. The third-order valence-corrected chi connectivity index (χ3v) is 5.05. The lowest BCUT2D eigenvalue weighted by Crippen LogP contribution is -2.28. The minimum atomic E-state index is 0.186. The van der Waals surface area contributed by atoms with Crippen LogP contribution in [-0.2, 0) is 6.54 Å².